The SMILES string of the molecule is CCOC(=O)C(NC)(NC)C(C)(O)NC. The molecule has 4 N–H and O–H groups in total. The Balaban J connectivity index is 5.12. The molecule has 0 aromatic heterocycles. The number of likely N-dealkylation sites (N-methyl/N-ethyl adjacent to an activating group) is 3. The van der Waals surface area contributed by atoms with Crippen molar-refractivity contribution in [3.05, 3.63) is 0 Å². The summed E-state index contributed by atoms with van der Waals surface area (Å²) in [5.74, 6) is -0.561. The first-order valence-electron chi connectivity index (χ1n) is 4.88. The third-order valence-corrected chi connectivity index (χ3v) is 2.55. The molecule has 0 saturated heterocycles. The van der Waals surface area contributed by atoms with Gasteiger partial charge in [-0.3, -0.25) is 16.0 Å². The molecule has 1 atom stereocenters. The summed E-state index contributed by atoms with van der Waals surface area (Å²) in [5.41, 5.74) is -2.85. The van der Waals surface area contributed by atoms with Crippen LogP contribution in [-0.2, 0) is 9.53 Å². The van der Waals surface area contributed by atoms with Crippen LogP contribution in [0.25, 0.3) is 0 Å². The van der Waals surface area contributed by atoms with Crippen LogP contribution in [0.4, 0.5) is 0 Å². The number of esters is 1. The highest BCUT2D eigenvalue weighted by molar-refractivity contribution is 5.82. The Hall–Kier alpha value is -0.690. The van der Waals surface area contributed by atoms with Crippen LogP contribution in [0.15, 0.2) is 0 Å². The van der Waals surface area contributed by atoms with Crippen molar-refractivity contribution in [2.45, 2.75) is 25.2 Å². The average Bonchev–Trinajstić information content (AvgIpc) is 2.20. The van der Waals surface area contributed by atoms with Crippen LogP contribution >= 0.6 is 0 Å². The topological polar surface area (TPSA) is 82.6 Å². The molecule has 0 aliphatic heterocycles. The van der Waals surface area contributed by atoms with Gasteiger partial charge in [0, 0.05) is 0 Å². The largest absolute Gasteiger partial charge is 0.463 e. The lowest BCUT2D eigenvalue weighted by Gasteiger charge is -2.42. The number of carbonyl (C=O) groups is 1. The van der Waals surface area contributed by atoms with Crippen LogP contribution < -0.4 is 16.0 Å². The molecular weight excluding hydrogens is 198 g/mol. The molecule has 0 bridgehead atoms. The number of nitrogens with one attached hydrogen (secondary N) is 3. The summed E-state index contributed by atoms with van der Waals surface area (Å²) < 4.78 is 4.91. The fourth-order valence-electron chi connectivity index (χ4n) is 1.44. The van der Waals surface area contributed by atoms with Gasteiger partial charge in [0.15, 0.2) is 5.72 Å². The van der Waals surface area contributed by atoms with E-state index in [4.69, 9.17) is 4.74 Å². The average molecular weight is 219 g/mol. The summed E-state index contributed by atoms with van der Waals surface area (Å²) in [6.07, 6.45) is 0. The third-order valence-electron chi connectivity index (χ3n) is 2.55. The zero-order valence-electron chi connectivity index (χ0n) is 9.97. The minimum Gasteiger partial charge on any atom is -0.463 e. The summed E-state index contributed by atoms with van der Waals surface area (Å²) in [6, 6.07) is 0. The molecule has 6 heteroatoms. The number of rotatable bonds is 6. The van der Waals surface area contributed by atoms with Crippen molar-refractivity contribution in [1.82, 2.24) is 16.0 Å². The Labute approximate surface area is 90.4 Å². The second-order valence-corrected chi connectivity index (χ2v) is 3.29. The quantitative estimate of drug-likeness (QED) is 0.325. The second-order valence-electron chi connectivity index (χ2n) is 3.29. The summed E-state index contributed by atoms with van der Waals surface area (Å²) in [6.45, 7) is 3.45. The standard InChI is InChI=1S/C9H21N3O3/c1-6-15-7(13)9(11-4,12-5)8(2,14)10-3/h10-12,14H,6H2,1-5H3. The van der Waals surface area contributed by atoms with Gasteiger partial charge in [-0.05, 0) is 35.0 Å². The molecule has 0 fully saturated rings. The van der Waals surface area contributed by atoms with Gasteiger partial charge in [0.1, 0.15) is 0 Å². The normalized spacial score (nSPS) is 15.9. The second kappa shape index (κ2) is 5.41. The van der Waals surface area contributed by atoms with Crippen molar-refractivity contribution in [2.24, 2.45) is 0 Å². The van der Waals surface area contributed by atoms with Gasteiger partial charge < -0.3 is 9.84 Å². The minimum atomic E-state index is -1.47. The van der Waals surface area contributed by atoms with E-state index in [-0.39, 0.29) is 6.61 Å². The van der Waals surface area contributed by atoms with Crippen LogP contribution in [0.3, 0.4) is 0 Å². The Kier molecular flexibility index (Phi) is 5.16. The number of ether oxygens (including phenoxy) is 1. The van der Waals surface area contributed by atoms with Crippen molar-refractivity contribution >= 4 is 5.97 Å². The fraction of sp³-hybridized carbons (Fsp3) is 0.889. The lowest BCUT2D eigenvalue weighted by atomic mass is 9.97. The summed E-state index contributed by atoms with van der Waals surface area (Å²) in [7, 11) is 4.70. The maximum absolute atomic E-state index is 11.8. The minimum absolute atomic E-state index is 0.254. The first kappa shape index (κ1) is 14.3. The molecule has 0 heterocycles. The highest BCUT2D eigenvalue weighted by Crippen LogP contribution is 2.17. The van der Waals surface area contributed by atoms with Crippen molar-refractivity contribution < 1.29 is 14.6 Å². The molecular formula is C9H21N3O3. The summed E-state index contributed by atoms with van der Waals surface area (Å²) in [5, 5.41) is 18.2. The van der Waals surface area contributed by atoms with Crippen LogP contribution in [-0.4, -0.2) is 50.2 Å². The first-order valence-corrected chi connectivity index (χ1v) is 4.88. The molecule has 0 aliphatic carbocycles. The third kappa shape index (κ3) is 2.46. The summed E-state index contributed by atoms with van der Waals surface area (Å²) >= 11 is 0. The van der Waals surface area contributed by atoms with Gasteiger partial charge in [0.05, 0.1) is 6.61 Å². The van der Waals surface area contributed by atoms with E-state index in [0.717, 1.165) is 0 Å². The maximum atomic E-state index is 11.8. The van der Waals surface area contributed by atoms with Crippen molar-refractivity contribution in [3.63, 3.8) is 0 Å². The van der Waals surface area contributed by atoms with Crippen LogP contribution in [0.2, 0.25) is 0 Å². The Morgan fingerprint density at radius 2 is 1.73 bits per heavy atom. The monoisotopic (exact) mass is 219 g/mol. The molecule has 15 heavy (non-hydrogen) atoms. The van der Waals surface area contributed by atoms with Crippen molar-refractivity contribution in [3.8, 4) is 0 Å². The molecule has 1 unspecified atom stereocenters. The molecule has 0 aliphatic rings. The zero-order chi connectivity index (χ0) is 12.1. The maximum Gasteiger partial charge on any atom is 0.345 e. The first-order chi connectivity index (χ1) is 6.91. The Morgan fingerprint density at radius 3 is 2.00 bits per heavy atom. The molecule has 0 spiro atoms. The van der Waals surface area contributed by atoms with E-state index in [2.05, 4.69) is 16.0 Å². The van der Waals surface area contributed by atoms with Gasteiger partial charge in [0.2, 0.25) is 5.66 Å². The lowest BCUT2D eigenvalue weighted by Crippen LogP contribution is -2.77. The summed E-state index contributed by atoms with van der Waals surface area (Å²) in [4.78, 5) is 11.8. The van der Waals surface area contributed by atoms with Gasteiger partial charge in [0.25, 0.3) is 0 Å². The zero-order valence-corrected chi connectivity index (χ0v) is 9.97. The number of carbonyl (C=O) groups excluding carboxylic acids is 1. The molecule has 0 aromatic carbocycles. The Bertz CT molecular complexity index is 215. The molecule has 0 rings (SSSR count). The van der Waals surface area contributed by atoms with E-state index in [9.17, 15) is 9.90 Å². The molecule has 0 radical (unpaired) electrons. The van der Waals surface area contributed by atoms with E-state index >= 15 is 0 Å². The highest BCUT2D eigenvalue weighted by atomic mass is 16.5. The highest BCUT2D eigenvalue weighted by Gasteiger charge is 2.52. The molecule has 6 nitrogen and oxygen atoms in total. The van der Waals surface area contributed by atoms with Crippen molar-refractivity contribution in [2.75, 3.05) is 27.7 Å². The molecule has 0 amide bonds. The number of aliphatic hydroxyl groups is 1. The van der Waals surface area contributed by atoms with Crippen LogP contribution in [0, 0.1) is 0 Å². The lowest BCUT2D eigenvalue weighted by molar-refractivity contribution is -0.169. The van der Waals surface area contributed by atoms with E-state index in [1.54, 1.807) is 28.1 Å². The Morgan fingerprint density at radius 1 is 1.27 bits per heavy atom. The van der Waals surface area contributed by atoms with Gasteiger partial charge in [-0.1, -0.05) is 0 Å². The van der Waals surface area contributed by atoms with E-state index in [0.29, 0.717) is 0 Å². The van der Waals surface area contributed by atoms with E-state index in [1.807, 2.05) is 0 Å². The molecule has 90 valence electrons. The van der Waals surface area contributed by atoms with Gasteiger partial charge >= 0.3 is 5.97 Å². The van der Waals surface area contributed by atoms with Gasteiger partial charge in [-0.25, -0.2) is 4.79 Å². The van der Waals surface area contributed by atoms with E-state index in [1.165, 1.54) is 6.92 Å². The predicted octanol–water partition coefficient (Wildman–Crippen LogP) is -1.39. The number of hydrogen-bond acceptors (Lipinski definition) is 6. The van der Waals surface area contributed by atoms with Crippen LogP contribution in [0.5, 0.6) is 0 Å². The fourth-order valence-corrected chi connectivity index (χ4v) is 1.44. The van der Waals surface area contributed by atoms with Crippen LogP contribution in [0.1, 0.15) is 13.8 Å². The number of hydrogen-bond donors (Lipinski definition) is 4. The molecule has 0 aromatic rings. The smallest absolute Gasteiger partial charge is 0.345 e. The van der Waals surface area contributed by atoms with Gasteiger partial charge in [-0.2, -0.15) is 0 Å². The predicted molar refractivity (Wildman–Crippen MR) is 57.2 cm³/mol. The van der Waals surface area contributed by atoms with Gasteiger partial charge in [-0.15, -0.1) is 0 Å². The molecule has 0 saturated carbocycles. The van der Waals surface area contributed by atoms with Crippen molar-refractivity contribution in [1.29, 1.82) is 0 Å². The van der Waals surface area contributed by atoms with E-state index < -0.39 is 17.4 Å².